The number of piperazine rings is 1. The van der Waals surface area contributed by atoms with Gasteiger partial charge in [0, 0.05) is 44.8 Å². The van der Waals surface area contributed by atoms with Crippen molar-refractivity contribution in [3.63, 3.8) is 0 Å². The van der Waals surface area contributed by atoms with E-state index in [0.717, 1.165) is 18.8 Å². The Bertz CT molecular complexity index is 314. The van der Waals surface area contributed by atoms with E-state index in [9.17, 15) is 5.11 Å². The third-order valence-corrected chi connectivity index (χ3v) is 5.91. The third-order valence-electron chi connectivity index (χ3n) is 5.91. The second kappa shape index (κ2) is 6.95. The maximum Gasteiger partial charge on any atom is 0.0570 e. The summed E-state index contributed by atoms with van der Waals surface area (Å²) in [7, 11) is 0. The highest BCUT2D eigenvalue weighted by atomic mass is 16.3. The van der Waals surface area contributed by atoms with Crippen molar-refractivity contribution < 1.29 is 5.11 Å². The molecule has 0 unspecified atom stereocenters. The lowest BCUT2D eigenvalue weighted by Gasteiger charge is -2.45. The number of nitrogens with zero attached hydrogens (tertiary/aromatic N) is 3. The van der Waals surface area contributed by atoms with Crippen LogP contribution >= 0.6 is 0 Å². The summed E-state index contributed by atoms with van der Waals surface area (Å²) in [6.07, 6.45) is 4.76. The number of hydrogen-bond donors (Lipinski definition) is 1. The van der Waals surface area contributed by atoms with Gasteiger partial charge in [0.2, 0.25) is 0 Å². The first kappa shape index (κ1) is 15.7. The van der Waals surface area contributed by atoms with Gasteiger partial charge in [-0.25, -0.2) is 0 Å². The number of piperidine rings is 1. The molecule has 0 aromatic heterocycles. The zero-order valence-electron chi connectivity index (χ0n) is 13.9. The standard InChI is InChI=1S/C17H33N3O/c1-14(2)19-5-3-15(4-6-19)13-18-7-9-20(10-8-18)16-11-17(21)12-16/h14-17,21H,3-13H2,1-2H3. The van der Waals surface area contributed by atoms with E-state index in [1.807, 2.05) is 0 Å². The van der Waals surface area contributed by atoms with Crippen molar-refractivity contribution in [2.24, 2.45) is 5.92 Å². The van der Waals surface area contributed by atoms with Gasteiger partial charge in [0.1, 0.15) is 0 Å². The highest BCUT2D eigenvalue weighted by Crippen LogP contribution is 2.27. The van der Waals surface area contributed by atoms with E-state index >= 15 is 0 Å². The minimum absolute atomic E-state index is 0.0147. The van der Waals surface area contributed by atoms with Gasteiger partial charge in [-0.05, 0) is 58.5 Å². The van der Waals surface area contributed by atoms with Gasteiger partial charge in [-0.2, -0.15) is 0 Å². The highest BCUT2D eigenvalue weighted by Gasteiger charge is 2.34. The van der Waals surface area contributed by atoms with Gasteiger partial charge in [-0.1, -0.05) is 0 Å². The van der Waals surface area contributed by atoms with Crippen LogP contribution in [0.15, 0.2) is 0 Å². The Balaban J connectivity index is 1.34. The number of aliphatic hydroxyl groups excluding tert-OH is 1. The lowest BCUT2D eigenvalue weighted by molar-refractivity contribution is -0.0205. The summed E-state index contributed by atoms with van der Waals surface area (Å²) in [5.41, 5.74) is 0. The molecule has 0 spiro atoms. The third kappa shape index (κ3) is 3.98. The summed E-state index contributed by atoms with van der Waals surface area (Å²) in [5.74, 6) is 0.914. The first-order chi connectivity index (χ1) is 10.1. The molecule has 3 fully saturated rings. The molecule has 122 valence electrons. The fourth-order valence-electron chi connectivity index (χ4n) is 4.19. The number of aliphatic hydroxyl groups is 1. The van der Waals surface area contributed by atoms with Gasteiger partial charge in [-0.3, -0.25) is 4.90 Å². The molecule has 0 atom stereocenters. The summed E-state index contributed by atoms with van der Waals surface area (Å²) in [5, 5.41) is 9.44. The lowest BCUT2D eigenvalue weighted by Crippen LogP contribution is -2.56. The number of hydrogen-bond acceptors (Lipinski definition) is 4. The van der Waals surface area contributed by atoms with Crippen molar-refractivity contribution in [3.05, 3.63) is 0 Å². The largest absolute Gasteiger partial charge is 0.393 e. The van der Waals surface area contributed by atoms with Crippen molar-refractivity contribution in [1.29, 1.82) is 0 Å². The molecule has 2 saturated heterocycles. The Hall–Kier alpha value is -0.160. The molecule has 1 aliphatic carbocycles. The van der Waals surface area contributed by atoms with Crippen LogP contribution in [0.5, 0.6) is 0 Å². The molecule has 0 radical (unpaired) electrons. The fraction of sp³-hybridized carbons (Fsp3) is 1.00. The monoisotopic (exact) mass is 295 g/mol. The molecular weight excluding hydrogens is 262 g/mol. The van der Waals surface area contributed by atoms with E-state index in [4.69, 9.17) is 0 Å². The Morgan fingerprint density at radius 2 is 1.57 bits per heavy atom. The maximum atomic E-state index is 9.44. The Labute approximate surface area is 130 Å². The van der Waals surface area contributed by atoms with Gasteiger partial charge < -0.3 is 14.9 Å². The number of likely N-dealkylation sites (tertiary alicyclic amines) is 1. The molecule has 4 heteroatoms. The smallest absolute Gasteiger partial charge is 0.0570 e. The molecule has 0 aromatic rings. The summed E-state index contributed by atoms with van der Waals surface area (Å²) < 4.78 is 0. The zero-order valence-corrected chi connectivity index (χ0v) is 13.9. The predicted molar refractivity (Wildman–Crippen MR) is 86.5 cm³/mol. The quantitative estimate of drug-likeness (QED) is 0.845. The molecule has 21 heavy (non-hydrogen) atoms. The van der Waals surface area contributed by atoms with Crippen LogP contribution in [0.2, 0.25) is 0 Å². The van der Waals surface area contributed by atoms with Crippen LogP contribution in [0.1, 0.15) is 39.5 Å². The van der Waals surface area contributed by atoms with Gasteiger partial charge in [-0.15, -0.1) is 0 Å². The van der Waals surface area contributed by atoms with Crippen molar-refractivity contribution in [3.8, 4) is 0 Å². The molecule has 0 amide bonds. The minimum atomic E-state index is -0.0147. The Morgan fingerprint density at radius 1 is 0.952 bits per heavy atom. The Morgan fingerprint density at radius 3 is 2.10 bits per heavy atom. The van der Waals surface area contributed by atoms with Gasteiger partial charge in [0.25, 0.3) is 0 Å². The van der Waals surface area contributed by atoms with Crippen LogP contribution in [0, 0.1) is 5.92 Å². The average Bonchev–Trinajstić information content (AvgIpc) is 2.46. The lowest BCUT2D eigenvalue weighted by atomic mass is 9.87. The van der Waals surface area contributed by atoms with Crippen molar-refractivity contribution in [2.45, 2.75) is 57.7 Å². The molecule has 2 aliphatic heterocycles. The summed E-state index contributed by atoms with van der Waals surface area (Å²) in [6.45, 7) is 13.4. The van der Waals surface area contributed by atoms with Crippen molar-refractivity contribution >= 4 is 0 Å². The molecule has 3 rings (SSSR count). The van der Waals surface area contributed by atoms with E-state index < -0.39 is 0 Å². The first-order valence-corrected chi connectivity index (χ1v) is 9.00. The van der Waals surface area contributed by atoms with Gasteiger partial charge >= 0.3 is 0 Å². The van der Waals surface area contributed by atoms with E-state index in [0.29, 0.717) is 12.1 Å². The summed E-state index contributed by atoms with van der Waals surface area (Å²) >= 11 is 0. The second-order valence-electron chi connectivity index (χ2n) is 7.69. The topological polar surface area (TPSA) is 30.0 Å². The van der Waals surface area contributed by atoms with E-state index in [2.05, 4.69) is 28.5 Å². The predicted octanol–water partition coefficient (Wildman–Crippen LogP) is 1.25. The number of rotatable bonds is 4. The van der Waals surface area contributed by atoms with Gasteiger partial charge in [0.05, 0.1) is 6.10 Å². The molecule has 4 nitrogen and oxygen atoms in total. The van der Waals surface area contributed by atoms with Crippen LogP contribution in [-0.2, 0) is 0 Å². The average molecular weight is 295 g/mol. The Kier molecular flexibility index (Phi) is 5.20. The molecule has 1 saturated carbocycles. The molecule has 0 aromatic carbocycles. The molecule has 2 heterocycles. The molecule has 1 N–H and O–H groups in total. The molecule has 3 aliphatic rings. The minimum Gasteiger partial charge on any atom is -0.393 e. The van der Waals surface area contributed by atoms with Crippen LogP contribution in [0.25, 0.3) is 0 Å². The van der Waals surface area contributed by atoms with E-state index in [1.54, 1.807) is 0 Å². The SMILES string of the molecule is CC(C)N1CCC(CN2CCN(C3CC(O)C3)CC2)CC1. The van der Waals surface area contributed by atoms with Crippen molar-refractivity contribution in [2.75, 3.05) is 45.8 Å². The van der Waals surface area contributed by atoms with E-state index in [-0.39, 0.29) is 6.10 Å². The second-order valence-corrected chi connectivity index (χ2v) is 7.69. The fourth-order valence-corrected chi connectivity index (χ4v) is 4.19. The van der Waals surface area contributed by atoms with Crippen molar-refractivity contribution in [1.82, 2.24) is 14.7 Å². The van der Waals surface area contributed by atoms with E-state index in [1.165, 1.54) is 58.7 Å². The first-order valence-electron chi connectivity index (χ1n) is 9.00. The van der Waals surface area contributed by atoms with Crippen LogP contribution in [0.4, 0.5) is 0 Å². The maximum absolute atomic E-state index is 9.44. The normalized spacial score (nSPS) is 34.3. The molecular formula is C17H33N3O. The van der Waals surface area contributed by atoms with Gasteiger partial charge in [0.15, 0.2) is 0 Å². The highest BCUT2D eigenvalue weighted by molar-refractivity contribution is 4.89. The zero-order chi connectivity index (χ0) is 14.8. The molecule has 0 bridgehead atoms. The van der Waals surface area contributed by atoms with Crippen LogP contribution < -0.4 is 0 Å². The van der Waals surface area contributed by atoms with Crippen LogP contribution in [0.3, 0.4) is 0 Å². The summed E-state index contributed by atoms with van der Waals surface area (Å²) in [4.78, 5) is 7.90. The summed E-state index contributed by atoms with van der Waals surface area (Å²) in [6, 6.07) is 1.39. The van der Waals surface area contributed by atoms with Crippen LogP contribution in [-0.4, -0.2) is 83.8 Å².